The maximum atomic E-state index is 13.1. The molecule has 1 amide bonds. The lowest BCUT2D eigenvalue weighted by Gasteiger charge is -2.19. The number of hydrogen-bond donors (Lipinski definition) is 1. The van der Waals surface area contributed by atoms with Crippen LogP contribution in [0, 0.1) is 0 Å². The molecular weight excluding hydrogens is 397 g/mol. The van der Waals surface area contributed by atoms with Crippen molar-refractivity contribution in [3.05, 3.63) is 65.7 Å². The number of nitrogens with zero attached hydrogens (tertiary/aromatic N) is 2. The van der Waals surface area contributed by atoms with E-state index in [1.54, 1.807) is 0 Å². The lowest BCUT2D eigenvalue weighted by atomic mass is 9.95. The number of ether oxygens (including phenoxy) is 1. The van der Waals surface area contributed by atoms with E-state index in [0.29, 0.717) is 31.0 Å². The van der Waals surface area contributed by atoms with Crippen molar-refractivity contribution in [2.75, 3.05) is 40.3 Å². The molecule has 1 aliphatic heterocycles. The highest BCUT2D eigenvalue weighted by molar-refractivity contribution is 5.97. The summed E-state index contributed by atoms with van der Waals surface area (Å²) in [4.78, 5) is 17.0. The molecule has 0 spiro atoms. The number of nitrogens with two attached hydrogens (primary N) is 1. The molecule has 1 heterocycles. The molecule has 2 aromatic rings. The molecule has 2 atom stereocenters. The molecule has 5 nitrogen and oxygen atoms in total. The van der Waals surface area contributed by atoms with E-state index < -0.39 is 0 Å². The van der Waals surface area contributed by atoms with Crippen LogP contribution in [0.25, 0.3) is 0 Å². The molecule has 0 aromatic heterocycles. The number of benzene rings is 2. The molecule has 28 heavy (non-hydrogen) atoms. The first-order valence-electron chi connectivity index (χ1n) is 9.02. The summed E-state index contributed by atoms with van der Waals surface area (Å²) in [5.41, 5.74) is 8.13. The highest BCUT2D eigenvalue weighted by Crippen LogP contribution is 2.29. The first-order valence-corrected chi connectivity index (χ1v) is 9.02. The lowest BCUT2D eigenvalue weighted by molar-refractivity contribution is 0.0784. The Balaban J connectivity index is 0.00000196. The summed E-state index contributed by atoms with van der Waals surface area (Å²) in [5, 5.41) is 0. The molecule has 0 saturated carbocycles. The molecule has 0 radical (unpaired) electrons. The largest absolute Gasteiger partial charge is 0.491 e. The van der Waals surface area contributed by atoms with Gasteiger partial charge in [0.15, 0.2) is 0 Å². The van der Waals surface area contributed by atoms with Crippen molar-refractivity contribution in [3.63, 3.8) is 0 Å². The Morgan fingerprint density at radius 3 is 2.39 bits per heavy atom. The first-order chi connectivity index (χ1) is 12.6. The van der Waals surface area contributed by atoms with Crippen LogP contribution < -0.4 is 10.5 Å². The minimum absolute atomic E-state index is 0. The fourth-order valence-electron chi connectivity index (χ4n) is 3.33. The molecule has 1 fully saturated rings. The number of rotatable bonds is 6. The van der Waals surface area contributed by atoms with E-state index in [4.69, 9.17) is 10.5 Å². The van der Waals surface area contributed by atoms with Gasteiger partial charge in [-0.1, -0.05) is 42.5 Å². The molecule has 0 unspecified atom stereocenters. The van der Waals surface area contributed by atoms with Crippen LogP contribution >= 0.6 is 24.8 Å². The third kappa shape index (κ3) is 5.85. The van der Waals surface area contributed by atoms with E-state index in [1.165, 1.54) is 5.56 Å². The molecular formula is C21H29Cl2N3O2. The van der Waals surface area contributed by atoms with Crippen LogP contribution in [0.4, 0.5) is 0 Å². The molecule has 7 heteroatoms. The predicted molar refractivity (Wildman–Crippen MR) is 118 cm³/mol. The van der Waals surface area contributed by atoms with Gasteiger partial charge in [0.2, 0.25) is 0 Å². The van der Waals surface area contributed by atoms with E-state index in [-0.39, 0.29) is 42.7 Å². The summed E-state index contributed by atoms with van der Waals surface area (Å²) in [6, 6.07) is 17.6. The smallest absolute Gasteiger partial charge is 0.257 e. The van der Waals surface area contributed by atoms with E-state index in [9.17, 15) is 4.79 Å². The Hall–Kier alpha value is -1.79. The second-order valence-corrected chi connectivity index (χ2v) is 7.04. The minimum atomic E-state index is -0.0526. The number of carbonyl (C=O) groups is 1. The number of likely N-dealkylation sites (tertiary alicyclic amines) is 1. The van der Waals surface area contributed by atoms with Gasteiger partial charge in [-0.3, -0.25) is 4.79 Å². The van der Waals surface area contributed by atoms with Crippen molar-refractivity contribution in [2.45, 2.75) is 12.0 Å². The molecule has 154 valence electrons. The number of likely N-dealkylation sites (N-methyl/N-ethyl adjacent to an activating group) is 1. The Labute approximate surface area is 179 Å². The van der Waals surface area contributed by atoms with Gasteiger partial charge in [0.1, 0.15) is 12.4 Å². The molecule has 1 saturated heterocycles. The summed E-state index contributed by atoms with van der Waals surface area (Å²) in [6.07, 6.45) is 0. The Morgan fingerprint density at radius 2 is 1.71 bits per heavy atom. The van der Waals surface area contributed by atoms with E-state index >= 15 is 0 Å². The summed E-state index contributed by atoms with van der Waals surface area (Å²) in [6.45, 7) is 2.54. The van der Waals surface area contributed by atoms with Gasteiger partial charge in [0.05, 0.1) is 5.56 Å². The van der Waals surface area contributed by atoms with Crippen molar-refractivity contribution >= 4 is 30.7 Å². The summed E-state index contributed by atoms with van der Waals surface area (Å²) >= 11 is 0. The quantitative estimate of drug-likeness (QED) is 0.772. The van der Waals surface area contributed by atoms with Gasteiger partial charge in [0.25, 0.3) is 5.91 Å². The summed E-state index contributed by atoms with van der Waals surface area (Å²) < 4.78 is 5.85. The zero-order valence-electron chi connectivity index (χ0n) is 16.3. The average molecular weight is 426 g/mol. The molecule has 1 aliphatic rings. The van der Waals surface area contributed by atoms with Crippen LogP contribution in [0.2, 0.25) is 0 Å². The second-order valence-electron chi connectivity index (χ2n) is 7.04. The highest BCUT2D eigenvalue weighted by atomic mass is 35.5. The highest BCUT2D eigenvalue weighted by Gasteiger charge is 2.34. The number of halogens is 2. The van der Waals surface area contributed by atoms with Crippen LogP contribution in [-0.4, -0.2) is 62.1 Å². The summed E-state index contributed by atoms with van der Waals surface area (Å²) in [5.74, 6) is 0.789. The summed E-state index contributed by atoms with van der Waals surface area (Å²) in [7, 11) is 3.99. The third-order valence-electron chi connectivity index (χ3n) is 4.79. The van der Waals surface area contributed by atoms with E-state index in [1.807, 2.05) is 66.4 Å². The van der Waals surface area contributed by atoms with Gasteiger partial charge >= 0.3 is 0 Å². The maximum Gasteiger partial charge on any atom is 0.257 e. The van der Waals surface area contributed by atoms with Gasteiger partial charge in [-0.25, -0.2) is 0 Å². The van der Waals surface area contributed by atoms with Crippen LogP contribution in [0.15, 0.2) is 54.6 Å². The molecule has 2 aromatic carbocycles. The predicted octanol–water partition coefficient (Wildman–Crippen LogP) is 3.04. The van der Waals surface area contributed by atoms with E-state index in [0.717, 1.165) is 6.54 Å². The average Bonchev–Trinajstić information content (AvgIpc) is 3.04. The number of hydrogen-bond acceptors (Lipinski definition) is 4. The van der Waals surface area contributed by atoms with Gasteiger partial charge in [0, 0.05) is 31.6 Å². The lowest BCUT2D eigenvalue weighted by Crippen LogP contribution is -2.32. The molecule has 0 aliphatic carbocycles. The molecule has 3 rings (SSSR count). The van der Waals surface area contributed by atoms with Crippen molar-refractivity contribution < 1.29 is 9.53 Å². The van der Waals surface area contributed by atoms with Crippen LogP contribution in [-0.2, 0) is 0 Å². The number of amides is 1. The molecule has 0 bridgehead atoms. The zero-order valence-corrected chi connectivity index (χ0v) is 17.9. The topological polar surface area (TPSA) is 58.8 Å². The van der Waals surface area contributed by atoms with Gasteiger partial charge in [-0.05, 0) is 31.8 Å². The van der Waals surface area contributed by atoms with Crippen molar-refractivity contribution in [1.82, 2.24) is 9.80 Å². The van der Waals surface area contributed by atoms with Crippen LogP contribution in [0.5, 0.6) is 5.75 Å². The number of carbonyl (C=O) groups excluding carboxylic acids is 1. The number of para-hydroxylation sites is 1. The fourth-order valence-corrected chi connectivity index (χ4v) is 3.33. The minimum Gasteiger partial charge on any atom is -0.491 e. The Kier molecular flexibility index (Phi) is 9.76. The molecule has 2 N–H and O–H groups in total. The Morgan fingerprint density at radius 1 is 1.07 bits per heavy atom. The normalized spacial score (nSPS) is 18.4. The van der Waals surface area contributed by atoms with Crippen LogP contribution in [0.1, 0.15) is 21.8 Å². The van der Waals surface area contributed by atoms with Crippen LogP contribution in [0.3, 0.4) is 0 Å². The third-order valence-corrected chi connectivity index (χ3v) is 4.79. The standard InChI is InChI=1S/C21H27N3O2.2ClH/c1-23(2)12-13-26-20-11-7-6-10-17(20)21(25)24-14-18(19(22)15-24)16-8-4-3-5-9-16;;/h3-11,18-19H,12-15,22H2,1-2H3;2*1H/t18-,19+;;/m0../s1. The van der Waals surface area contributed by atoms with Gasteiger partial charge < -0.3 is 20.3 Å². The Bertz CT molecular complexity index is 743. The second kappa shape index (κ2) is 11.3. The van der Waals surface area contributed by atoms with Gasteiger partial charge in [-0.2, -0.15) is 0 Å². The van der Waals surface area contributed by atoms with Crippen molar-refractivity contribution in [1.29, 1.82) is 0 Å². The zero-order chi connectivity index (χ0) is 18.5. The first kappa shape index (κ1) is 24.2. The van der Waals surface area contributed by atoms with Crippen molar-refractivity contribution in [2.24, 2.45) is 5.73 Å². The fraction of sp³-hybridized carbons (Fsp3) is 0.381. The van der Waals surface area contributed by atoms with Crippen molar-refractivity contribution in [3.8, 4) is 5.75 Å². The SMILES string of the molecule is CN(C)CCOc1ccccc1C(=O)N1C[C@@H](N)[C@H](c2ccccc2)C1.Cl.Cl. The van der Waals surface area contributed by atoms with E-state index in [2.05, 4.69) is 12.1 Å². The maximum absolute atomic E-state index is 13.1. The monoisotopic (exact) mass is 425 g/mol. The van der Waals surface area contributed by atoms with Gasteiger partial charge in [-0.15, -0.1) is 24.8 Å².